The number of aromatic nitrogens is 4. The number of pyridine rings is 1. The van der Waals surface area contributed by atoms with Crippen LogP contribution in [-0.2, 0) is 4.79 Å². The second-order valence-corrected chi connectivity index (χ2v) is 8.94. The van der Waals surface area contributed by atoms with Crippen LogP contribution in [-0.4, -0.2) is 31.4 Å². The lowest BCUT2D eigenvalue weighted by molar-refractivity contribution is -0.113. The van der Waals surface area contributed by atoms with Crippen molar-refractivity contribution in [1.82, 2.24) is 19.7 Å². The molecule has 0 aliphatic carbocycles. The zero-order chi connectivity index (χ0) is 23.4. The summed E-state index contributed by atoms with van der Waals surface area (Å²) in [6.07, 6.45) is 3.42. The fraction of sp³-hybridized carbons (Fsp3) is 0.167. The number of nitrogens with one attached hydrogen (secondary N) is 1. The zero-order valence-electron chi connectivity index (χ0n) is 18.0. The molecule has 0 aliphatic heterocycles. The van der Waals surface area contributed by atoms with Crippen LogP contribution < -0.4 is 5.32 Å². The number of halogens is 2. The average Bonchev–Trinajstić information content (AvgIpc) is 3.24. The fourth-order valence-corrected chi connectivity index (χ4v) is 4.27. The Morgan fingerprint density at radius 1 is 1.15 bits per heavy atom. The van der Waals surface area contributed by atoms with Crippen LogP contribution in [0.1, 0.15) is 25.3 Å². The first-order valence-corrected chi connectivity index (χ1v) is 11.6. The average molecular weight is 482 g/mol. The molecule has 2 aromatic carbocycles. The summed E-state index contributed by atoms with van der Waals surface area (Å²) in [6, 6.07) is 15.8. The third kappa shape index (κ3) is 5.23. The van der Waals surface area contributed by atoms with Gasteiger partial charge in [-0.1, -0.05) is 55.4 Å². The lowest BCUT2D eigenvalue weighted by atomic mass is 10.0. The van der Waals surface area contributed by atoms with E-state index in [1.807, 2.05) is 34.9 Å². The molecule has 0 fully saturated rings. The molecule has 6 nitrogen and oxygen atoms in total. The van der Waals surface area contributed by atoms with Gasteiger partial charge in [-0.05, 0) is 47.9 Å². The van der Waals surface area contributed by atoms with Crippen molar-refractivity contribution in [3.05, 3.63) is 83.4 Å². The quantitative estimate of drug-likeness (QED) is 0.329. The predicted molar refractivity (Wildman–Crippen MR) is 129 cm³/mol. The molecule has 1 N–H and O–H groups in total. The summed E-state index contributed by atoms with van der Waals surface area (Å²) in [7, 11) is 0. The first-order chi connectivity index (χ1) is 15.9. The van der Waals surface area contributed by atoms with E-state index in [1.54, 1.807) is 12.4 Å². The van der Waals surface area contributed by atoms with E-state index in [0.717, 1.165) is 16.8 Å². The highest BCUT2D eigenvalue weighted by Crippen LogP contribution is 2.32. The Kier molecular flexibility index (Phi) is 7.05. The summed E-state index contributed by atoms with van der Waals surface area (Å²) in [4.78, 5) is 16.7. The number of carbonyl (C=O) groups is 1. The maximum atomic E-state index is 14.0. The number of nitrogens with zero attached hydrogens (tertiary/aromatic N) is 4. The van der Waals surface area contributed by atoms with E-state index in [1.165, 1.54) is 30.0 Å². The van der Waals surface area contributed by atoms with Crippen LogP contribution in [0.25, 0.3) is 17.1 Å². The van der Waals surface area contributed by atoms with Gasteiger partial charge in [0.2, 0.25) is 5.91 Å². The summed E-state index contributed by atoms with van der Waals surface area (Å²) >= 11 is 7.13. The van der Waals surface area contributed by atoms with Crippen molar-refractivity contribution in [2.75, 3.05) is 11.1 Å². The Hall–Kier alpha value is -3.23. The third-order valence-corrected chi connectivity index (χ3v) is 6.05. The largest absolute Gasteiger partial charge is 0.323 e. The molecule has 4 rings (SSSR count). The van der Waals surface area contributed by atoms with Crippen molar-refractivity contribution >= 4 is 35.0 Å². The van der Waals surface area contributed by atoms with Crippen LogP contribution in [0.4, 0.5) is 10.1 Å². The van der Waals surface area contributed by atoms with Gasteiger partial charge in [0, 0.05) is 23.0 Å². The van der Waals surface area contributed by atoms with Crippen LogP contribution in [0.3, 0.4) is 0 Å². The van der Waals surface area contributed by atoms with Crippen molar-refractivity contribution in [3.8, 4) is 17.1 Å². The standard InChI is InChI=1S/C24H21ClFN5OS/c1-15(2)18-7-3-4-8-21(18)31-23(16-6-5-11-27-13-16)29-30-24(31)33-14-22(32)28-20-12-17(25)9-10-19(20)26/h3-13,15H,14H2,1-2H3,(H,28,32). The molecule has 0 bridgehead atoms. The minimum absolute atomic E-state index is 0.0149. The van der Waals surface area contributed by atoms with Gasteiger partial charge in [0.1, 0.15) is 5.82 Å². The van der Waals surface area contributed by atoms with Crippen molar-refractivity contribution in [2.24, 2.45) is 0 Å². The Balaban J connectivity index is 1.66. The molecule has 2 heterocycles. The first kappa shape index (κ1) is 22.9. The second-order valence-electron chi connectivity index (χ2n) is 7.56. The molecular formula is C24H21ClFN5OS. The number of para-hydroxylation sites is 1. The summed E-state index contributed by atoms with van der Waals surface area (Å²) < 4.78 is 15.9. The molecule has 0 atom stereocenters. The van der Waals surface area contributed by atoms with E-state index in [-0.39, 0.29) is 23.3 Å². The fourth-order valence-electron chi connectivity index (χ4n) is 3.35. The molecule has 9 heteroatoms. The normalized spacial score (nSPS) is 11.1. The number of benzene rings is 2. The van der Waals surface area contributed by atoms with Gasteiger partial charge >= 0.3 is 0 Å². The number of anilines is 1. The number of amides is 1. The highest BCUT2D eigenvalue weighted by Gasteiger charge is 2.20. The molecule has 0 radical (unpaired) electrons. The van der Waals surface area contributed by atoms with Crippen LogP contribution in [0.5, 0.6) is 0 Å². The van der Waals surface area contributed by atoms with Crippen molar-refractivity contribution in [3.63, 3.8) is 0 Å². The Morgan fingerprint density at radius 2 is 1.97 bits per heavy atom. The van der Waals surface area contributed by atoms with Gasteiger partial charge in [0.25, 0.3) is 0 Å². The topological polar surface area (TPSA) is 72.7 Å². The predicted octanol–water partition coefficient (Wildman–Crippen LogP) is 5.98. The highest BCUT2D eigenvalue weighted by molar-refractivity contribution is 7.99. The van der Waals surface area contributed by atoms with Gasteiger partial charge in [-0.2, -0.15) is 0 Å². The monoisotopic (exact) mass is 481 g/mol. The molecule has 2 aromatic heterocycles. The SMILES string of the molecule is CC(C)c1ccccc1-n1c(SCC(=O)Nc2cc(Cl)ccc2F)nnc1-c1cccnc1. The molecule has 0 spiro atoms. The molecule has 33 heavy (non-hydrogen) atoms. The summed E-state index contributed by atoms with van der Waals surface area (Å²) in [5.41, 5.74) is 2.89. The van der Waals surface area contributed by atoms with Gasteiger partial charge in [0.05, 0.1) is 17.1 Å². The first-order valence-electron chi connectivity index (χ1n) is 10.3. The lowest BCUT2D eigenvalue weighted by Crippen LogP contribution is -2.15. The molecular weight excluding hydrogens is 461 g/mol. The molecule has 168 valence electrons. The number of thioether (sulfide) groups is 1. The number of carbonyl (C=O) groups excluding carboxylic acids is 1. The lowest BCUT2D eigenvalue weighted by Gasteiger charge is -2.16. The summed E-state index contributed by atoms with van der Waals surface area (Å²) in [6.45, 7) is 4.24. The molecule has 0 aliphatic rings. The summed E-state index contributed by atoms with van der Waals surface area (Å²) in [5, 5.41) is 12.2. The van der Waals surface area contributed by atoms with Gasteiger partial charge in [-0.15, -0.1) is 10.2 Å². The minimum Gasteiger partial charge on any atom is -0.323 e. The van der Waals surface area contributed by atoms with Crippen LogP contribution in [0.2, 0.25) is 5.02 Å². The Labute approximate surface area is 200 Å². The third-order valence-electron chi connectivity index (χ3n) is 4.89. The maximum absolute atomic E-state index is 14.0. The number of hydrogen-bond donors (Lipinski definition) is 1. The van der Waals surface area contributed by atoms with E-state index >= 15 is 0 Å². The second kappa shape index (κ2) is 10.1. The van der Waals surface area contributed by atoms with Crippen molar-refractivity contribution in [2.45, 2.75) is 24.9 Å². The van der Waals surface area contributed by atoms with E-state index in [9.17, 15) is 9.18 Å². The van der Waals surface area contributed by atoms with Crippen molar-refractivity contribution in [1.29, 1.82) is 0 Å². The molecule has 0 saturated heterocycles. The van der Waals surface area contributed by atoms with E-state index in [2.05, 4.69) is 40.4 Å². The Morgan fingerprint density at radius 3 is 2.73 bits per heavy atom. The van der Waals surface area contributed by atoms with Gasteiger partial charge in [-0.25, -0.2) is 4.39 Å². The van der Waals surface area contributed by atoms with Gasteiger partial charge in [-0.3, -0.25) is 14.3 Å². The van der Waals surface area contributed by atoms with Crippen LogP contribution in [0.15, 0.2) is 72.1 Å². The van der Waals surface area contributed by atoms with Gasteiger partial charge in [0.15, 0.2) is 11.0 Å². The van der Waals surface area contributed by atoms with E-state index in [4.69, 9.17) is 11.6 Å². The zero-order valence-corrected chi connectivity index (χ0v) is 19.6. The number of rotatable bonds is 7. The van der Waals surface area contributed by atoms with E-state index < -0.39 is 5.82 Å². The molecule has 0 unspecified atom stereocenters. The highest BCUT2D eigenvalue weighted by atomic mass is 35.5. The number of hydrogen-bond acceptors (Lipinski definition) is 5. The van der Waals surface area contributed by atoms with Crippen molar-refractivity contribution < 1.29 is 9.18 Å². The van der Waals surface area contributed by atoms with Crippen LogP contribution >= 0.6 is 23.4 Å². The van der Waals surface area contributed by atoms with E-state index in [0.29, 0.717) is 16.0 Å². The summed E-state index contributed by atoms with van der Waals surface area (Å²) in [5.74, 6) is -0.0280. The van der Waals surface area contributed by atoms with Gasteiger partial charge < -0.3 is 5.32 Å². The molecule has 0 saturated carbocycles. The molecule has 1 amide bonds. The minimum atomic E-state index is -0.550. The molecule has 4 aromatic rings. The van der Waals surface area contributed by atoms with Crippen LogP contribution in [0, 0.1) is 5.82 Å². The Bertz CT molecular complexity index is 1280. The maximum Gasteiger partial charge on any atom is 0.234 e. The smallest absolute Gasteiger partial charge is 0.234 e.